The van der Waals surface area contributed by atoms with Gasteiger partial charge in [0, 0.05) is 25.4 Å². The summed E-state index contributed by atoms with van der Waals surface area (Å²) in [5.74, 6) is 0.288. The summed E-state index contributed by atoms with van der Waals surface area (Å²) >= 11 is 0. The van der Waals surface area contributed by atoms with E-state index in [0.29, 0.717) is 13.1 Å². The number of hydrogen-bond donors (Lipinski definition) is 1. The van der Waals surface area contributed by atoms with E-state index < -0.39 is 5.82 Å². The Morgan fingerprint density at radius 1 is 1.27 bits per heavy atom. The summed E-state index contributed by atoms with van der Waals surface area (Å²) in [6, 6.07) is 9.36. The molecule has 1 saturated heterocycles. The number of aromatic nitrogens is 1. The molecular weight excluding hydrogens is 285 g/mol. The molecule has 0 radical (unpaired) electrons. The molecule has 0 spiro atoms. The number of amides is 2. The number of halogens is 1. The van der Waals surface area contributed by atoms with Gasteiger partial charge in [0.15, 0.2) is 0 Å². The maximum Gasteiger partial charge on any atom is 0.322 e. The van der Waals surface area contributed by atoms with Gasteiger partial charge in [0.2, 0.25) is 0 Å². The summed E-state index contributed by atoms with van der Waals surface area (Å²) in [6.07, 6.45) is 4.00. The Morgan fingerprint density at radius 3 is 2.82 bits per heavy atom. The second kappa shape index (κ2) is 6.43. The van der Waals surface area contributed by atoms with Gasteiger partial charge in [-0.2, -0.15) is 0 Å². The average molecular weight is 301 g/mol. The van der Waals surface area contributed by atoms with E-state index in [0.717, 1.165) is 12.2 Å². The molecule has 0 aliphatic carbocycles. The van der Waals surface area contributed by atoms with Gasteiger partial charge in [0.25, 0.3) is 0 Å². The summed E-state index contributed by atoms with van der Waals surface area (Å²) in [5.41, 5.74) is 0.186. The highest BCUT2D eigenvalue weighted by molar-refractivity contribution is 5.89. The third kappa shape index (κ3) is 3.33. The predicted octanol–water partition coefficient (Wildman–Crippen LogP) is 2.91. The second-order valence-electron chi connectivity index (χ2n) is 5.07. The summed E-state index contributed by atoms with van der Waals surface area (Å²) in [6.45, 7) is 1.05. The molecule has 6 heteroatoms. The lowest BCUT2D eigenvalue weighted by atomic mass is 10.3. The molecule has 1 aromatic carbocycles. The molecule has 5 nitrogen and oxygen atoms in total. The van der Waals surface area contributed by atoms with Crippen LogP contribution in [0.5, 0.6) is 5.75 Å². The highest BCUT2D eigenvalue weighted by Crippen LogP contribution is 2.19. The number of hydrogen-bond acceptors (Lipinski definition) is 3. The van der Waals surface area contributed by atoms with E-state index in [1.807, 2.05) is 0 Å². The van der Waals surface area contributed by atoms with Gasteiger partial charge in [0.05, 0.1) is 12.2 Å². The largest absolute Gasteiger partial charge is 0.488 e. The van der Waals surface area contributed by atoms with Crippen molar-refractivity contribution in [1.82, 2.24) is 9.88 Å². The van der Waals surface area contributed by atoms with Crippen LogP contribution >= 0.6 is 0 Å². The number of nitrogens with one attached hydrogen (secondary N) is 1. The third-order valence-electron chi connectivity index (χ3n) is 3.50. The number of carbonyl (C=O) groups is 1. The molecule has 1 fully saturated rings. The lowest BCUT2D eigenvalue weighted by molar-refractivity contribution is 0.194. The standard InChI is InChI=1S/C16H16FN3O2/c17-14-3-1-2-4-15(14)19-16(21)20-10-7-13(11-20)22-12-5-8-18-9-6-12/h1-6,8-9,13H,7,10-11H2,(H,19,21)/t13-/m1/s1. The Labute approximate surface area is 127 Å². The maximum absolute atomic E-state index is 13.5. The van der Waals surface area contributed by atoms with Crippen LogP contribution in [0.3, 0.4) is 0 Å². The van der Waals surface area contributed by atoms with E-state index in [1.54, 1.807) is 41.6 Å². The molecule has 22 heavy (non-hydrogen) atoms. The van der Waals surface area contributed by atoms with Crippen molar-refractivity contribution in [2.75, 3.05) is 18.4 Å². The number of anilines is 1. The van der Waals surface area contributed by atoms with E-state index in [-0.39, 0.29) is 17.8 Å². The molecule has 1 aromatic heterocycles. The molecule has 1 aliphatic heterocycles. The van der Waals surface area contributed by atoms with E-state index in [2.05, 4.69) is 10.3 Å². The lowest BCUT2D eigenvalue weighted by Crippen LogP contribution is -2.34. The van der Waals surface area contributed by atoms with Crippen molar-refractivity contribution in [3.63, 3.8) is 0 Å². The zero-order valence-electron chi connectivity index (χ0n) is 11.9. The fourth-order valence-corrected chi connectivity index (χ4v) is 2.37. The summed E-state index contributed by atoms with van der Waals surface area (Å²) < 4.78 is 19.3. The second-order valence-corrected chi connectivity index (χ2v) is 5.07. The first-order valence-electron chi connectivity index (χ1n) is 7.09. The quantitative estimate of drug-likeness (QED) is 0.948. The van der Waals surface area contributed by atoms with Crippen LogP contribution < -0.4 is 10.1 Å². The van der Waals surface area contributed by atoms with Gasteiger partial charge in [-0.25, -0.2) is 9.18 Å². The molecule has 1 atom stereocenters. The van der Waals surface area contributed by atoms with Crippen LogP contribution in [0, 0.1) is 5.82 Å². The van der Waals surface area contributed by atoms with Crippen molar-refractivity contribution in [2.24, 2.45) is 0 Å². The summed E-state index contributed by atoms with van der Waals surface area (Å²) in [7, 11) is 0. The monoisotopic (exact) mass is 301 g/mol. The molecule has 0 saturated carbocycles. The Morgan fingerprint density at radius 2 is 2.05 bits per heavy atom. The van der Waals surface area contributed by atoms with Gasteiger partial charge in [-0.3, -0.25) is 4.98 Å². The normalized spacial score (nSPS) is 17.3. The Bertz CT molecular complexity index is 651. The molecule has 3 rings (SSSR count). The third-order valence-corrected chi connectivity index (χ3v) is 3.50. The van der Waals surface area contributed by atoms with Crippen molar-refractivity contribution in [1.29, 1.82) is 0 Å². The number of pyridine rings is 1. The van der Waals surface area contributed by atoms with Crippen LogP contribution in [0.4, 0.5) is 14.9 Å². The number of likely N-dealkylation sites (tertiary alicyclic amines) is 1. The Kier molecular flexibility index (Phi) is 4.18. The Hall–Kier alpha value is -2.63. The van der Waals surface area contributed by atoms with Gasteiger partial charge >= 0.3 is 6.03 Å². The highest BCUT2D eigenvalue weighted by atomic mass is 19.1. The number of ether oxygens (including phenoxy) is 1. The summed E-state index contributed by atoms with van der Waals surface area (Å²) in [4.78, 5) is 17.7. The van der Waals surface area contributed by atoms with Gasteiger partial charge in [-0.15, -0.1) is 0 Å². The SMILES string of the molecule is O=C(Nc1ccccc1F)N1CC[C@@H](Oc2ccncc2)C1. The van der Waals surface area contributed by atoms with Gasteiger partial charge < -0.3 is 15.0 Å². The number of benzene rings is 1. The van der Waals surface area contributed by atoms with Crippen LogP contribution in [0.15, 0.2) is 48.8 Å². The molecular formula is C16H16FN3O2. The number of rotatable bonds is 3. The molecule has 0 bridgehead atoms. The number of para-hydroxylation sites is 1. The van der Waals surface area contributed by atoms with Gasteiger partial charge in [-0.1, -0.05) is 12.1 Å². The zero-order valence-corrected chi connectivity index (χ0v) is 11.9. The molecule has 0 unspecified atom stereocenters. The van der Waals surface area contributed by atoms with Gasteiger partial charge in [0.1, 0.15) is 17.7 Å². The topological polar surface area (TPSA) is 54.5 Å². The fourth-order valence-electron chi connectivity index (χ4n) is 2.37. The van der Waals surface area contributed by atoms with Gasteiger partial charge in [-0.05, 0) is 24.3 Å². The van der Waals surface area contributed by atoms with Crippen LogP contribution in [0.2, 0.25) is 0 Å². The molecule has 1 aliphatic rings. The summed E-state index contributed by atoms with van der Waals surface area (Å²) in [5, 5.41) is 2.58. The van der Waals surface area contributed by atoms with E-state index in [1.165, 1.54) is 12.1 Å². The first-order valence-corrected chi connectivity index (χ1v) is 7.09. The van der Waals surface area contributed by atoms with Crippen molar-refractivity contribution in [3.05, 3.63) is 54.6 Å². The predicted molar refractivity (Wildman–Crippen MR) is 80.3 cm³/mol. The molecule has 2 aromatic rings. The van der Waals surface area contributed by atoms with E-state index in [9.17, 15) is 9.18 Å². The molecule has 114 valence electrons. The molecule has 2 heterocycles. The number of carbonyl (C=O) groups excluding carboxylic acids is 1. The fraction of sp³-hybridized carbons (Fsp3) is 0.250. The number of urea groups is 1. The lowest BCUT2D eigenvalue weighted by Gasteiger charge is -2.18. The minimum Gasteiger partial charge on any atom is -0.488 e. The first-order chi connectivity index (χ1) is 10.7. The number of nitrogens with zero attached hydrogens (tertiary/aromatic N) is 2. The van der Waals surface area contributed by atoms with E-state index >= 15 is 0 Å². The zero-order chi connectivity index (χ0) is 15.4. The molecule has 1 N–H and O–H groups in total. The smallest absolute Gasteiger partial charge is 0.322 e. The van der Waals surface area contributed by atoms with Crippen molar-refractivity contribution < 1.29 is 13.9 Å². The average Bonchev–Trinajstić information content (AvgIpc) is 2.99. The minimum atomic E-state index is -0.445. The van der Waals surface area contributed by atoms with Crippen molar-refractivity contribution in [3.8, 4) is 5.75 Å². The van der Waals surface area contributed by atoms with E-state index in [4.69, 9.17) is 4.74 Å². The Balaban J connectivity index is 1.56. The van der Waals surface area contributed by atoms with Crippen LogP contribution in [0.25, 0.3) is 0 Å². The van der Waals surface area contributed by atoms with Crippen molar-refractivity contribution >= 4 is 11.7 Å². The minimum absolute atomic E-state index is 0.0613. The van der Waals surface area contributed by atoms with Crippen molar-refractivity contribution in [2.45, 2.75) is 12.5 Å². The first kappa shape index (κ1) is 14.3. The molecule has 2 amide bonds. The van der Waals surface area contributed by atoms with Crippen LogP contribution in [-0.2, 0) is 0 Å². The maximum atomic E-state index is 13.5. The highest BCUT2D eigenvalue weighted by Gasteiger charge is 2.28. The van der Waals surface area contributed by atoms with Crippen LogP contribution in [0.1, 0.15) is 6.42 Å². The van der Waals surface area contributed by atoms with Crippen LogP contribution in [-0.4, -0.2) is 35.1 Å².